The molecule has 5 nitrogen and oxygen atoms in total. The molecule has 2 rings (SSSR count). The Labute approximate surface area is 115 Å². The van der Waals surface area contributed by atoms with Gasteiger partial charge in [-0.05, 0) is 24.8 Å². The summed E-state index contributed by atoms with van der Waals surface area (Å²) >= 11 is 0. The van der Waals surface area contributed by atoms with Crippen LogP contribution in [-0.2, 0) is 0 Å². The minimum absolute atomic E-state index is 0.151. The molecule has 5 heteroatoms. The lowest BCUT2D eigenvalue weighted by atomic mass is 9.77. The average molecular weight is 264 g/mol. The van der Waals surface area contributed by atoms with Gasteiger partial charge < -0.3 is 15.3 Å². The first-order chi connectivity index (χ1) is 9.04. The normalized spacial score (nSPS) is 27.1. The maximum absolute atomic E-state index is 9.78. The van der Waals surface area contributed by atoms with Crippen LogP contribution < -0.4 is 10.2 Å². The summed E-state index contributed by atoms with van der Waals surface area (Å²) in [7, 11) is 3.84. The monoisotopic (exact) mass is 264 g/mol. The van der Waals surface area contributed by atoms with Crippen LogP contribution in [0, 0.1) is 5.92 Å². The van der Waals surface area contributed by atoms with E-state index in [0.717, 1.165) is 25.1 Å². The Morgan fingerprint density at radius 3 is 2.95 bits per heavy atom. The van der Waals surface area contributed by atoms with Gasteiger partial charge in [0.2, 0.25) is 5.95 Å². The van der Waals surface area contributed by atoms with Crippen molar-refractivity contribution >= 4 is 11.8 Å². The number of aromatic nitrogens is 2. The van der Waals surface area contributed by atoms with E-state index in [1.165, 1.54) is 6.42 Å². The molecule has 0 bridgehead atoms. The molecular weight excluding hydrogens is 240 g/mol. The minimum atomic E-state index is -0.227. The third-order valence-electron chi connectivity index (χ3n) is 3.83. The van der Waals surface area contributed by atoms with Gasteiger partial charge in [-0.1, -0.05) is 19.8 Å². The van der Waals surface area contributed by atoms with Crippen molar-refractivity contribution in [2.75, 3.05) is 30.9 Å². The highest BCUT2D eigenvalue weighted by molar-refractivity contribution is 5.42. The number of rotatable bonds is 4. The quantitative estimate of drug-likeness (QED) is 0.869. The summed E-state index contributed by atoms with van der Waals surface area (Å²) in [6.45, 7) is 2.40. The third-order valence-corrected chi connectivity index (χ3v) is 3.83. The number of hydrogen-bond acceptors (Lipinski definition) is 5. The lowest BCUT2D eigenvalue weighted by Crippen LogP contribution is -2.46. The molecule has 1 aromatic rings. The highest BCUT2D eigenvalue weighted by Gasteiger charge is 2.34. The van der Waals surface area contributed by atoms with Crippen LogP contribution in [0.1, 0.15) is 32.6 Å². The summed E-state index contributed by atoms with van der Waals surface area (Å²) in [5, 5.41) is 13.2. The summed E-state index contributed by atoms with van der Waals surface area (Å²) in [6, 6.07) is 1.86. The van der Waals surface area contributed by atoms with Crippen molar-refractivity contribution in [3.8, 4) is 0 Å². The zero-order chi connectivity index (χ0) is 13.9. The summed E-state index contributed by atoms with van der Waals surface area (Å²) in [6.07, 6.45) is 6.14. The number of nitrogens with one attached hydrogen (secondary N) is 1. The number of aliphatic hydroxyl groups excluding tert-OH is 1. The molecule has 106 valence electrons. The zero-order valence-electron chi connectivity index (χ0n) is 12.1. The van der Waals surface area contributed by atoms with Crippen LogP contribution in [0.4, 0.5) is 11.8 Å². The van der Waals surface area contributed by atoms with Gasteiger partial charge in [0.05, 0.1) is 12.1 Å². The molecule has 2 unspecified atom stereocenters. The molecule has 0 aromatic carbocycles. The first kappa shape index (κ1) is 14.1. The van der Waals surface area contributed by atoms with E-state index in [0.29, 0.717) is 11.9 Å². The molecule has 0 saturated heterocycles. The van der Waals surface area contributed by atoms with Crippen LogP contribution in [0.2, 0.25) is 0 Å². The SMILES string of the molecule is CC1CCCC(CO)(Nc2ccnc(N(C)C)n2)C1. The van der Waals surface area contributed by atoms with Crippen LogP contribution >= 0.6 is 0 Å². The van der Waals surface area contributed by atoms with Crippen LogP contribution in [-0.4, -0.2) is 41.3 Å². The second kappa shape index (κ2) is 5.74. The Bertz CT molecular complexity index is 424. The van der Waals surface area contributed by atoms with Gasteiger partial charge in [0.15, 0.2) is 0 Å². The smallest absolute Gasteiger partial charge is 0.226 e. The fourth-order valence-electron chi connectivity index (χ4n) is 2.86. The molecule has 1 aliphatic rings. The molecule has 1 aliphatic carbocycles. The van der Waals surface area contributed by atoms with Crippen LogP contribution in [0.15, 0.2) is 12.3 Å². The molecule has 0 amide bonds. The second-order valence-corrected chi connectivity index (χ2v) is 5.90. The van der Waals surface area contributed by atoms with Crippen molar-refractivity contribution in [1.29, 1.82) is 0 Å². The molecule has 2 N–H and O–H groups in total. The van der Waals surface area contributed by atoms with Gasteiger partial charge in [-0.3, -0.25) is 0 Å². The van der Waals surface area contributed by atoms with Crippen molar-refractivity contribution in [2.45, 2.75) is 38.1 Å². The molecule has 0 radical (unpaired) electrons. The molecule has 1 saturated carbocycles. The molecule has 0 aliphatic heterocycles. The van der Waals surface area contributed by atoms with Gasteiger partial charge in [0, 0.05) is 20.3 Å². The van der Waals surface area contributed by atoms with Crippen LogP contribution in [0.3, 0.4) is 0 Å². The van der Waals surface area contributed by atoms with Crippen molar-refractivity contribution in [1.82, 2.24) is 9.97 Å². The number of nitrogens with zero attached hydrogens (tertiary/aromatic N) is 3. The minimum Gasteiger partial charge on any atom is -0.394 e. The van der Waals surface area contributed by atoms with Gasteiger partial charge in [-0.15, -0.1) is 0 Å². The molecule has 1 aromatic heterocycles. The van der Waals surface area contributed by atoms with Crippen molar-refractivity contribution in [3.05, 3.63) is 12.3 Å². The Balaban J connectivity index is 2.15. The fraction of sp³-hybridized carbons (Fsp3) is 0.714. The van der Waals surface area contributed by atoms with E-state index in [9.17, 15) is 5.11 Å². The van der Waals surface area contributed by atoms with Gasteiger partial charge in [0.25, 0.3) is 0 Å². The molecule has 2 atom stereocenters. The Kier molecular flexibility index (Phi) is 4.24. The maximum Gasteiger partial charge on any atom is 0.226 e. The van der Waals surface area contributed by atoms with Crippen LogP contribution in [0.25, 0.3) is 0 Å². The average Bonchev–Trinajstić information content (AvgIpc) is 2.39. The topological polar surface area (TPSA) is 61.3 Å². The molecule has 1 fully saturated rings. The first-order valence-corrected chi connectivity index (χ1v) is 6.94. The standard InChI is InChI=1S/C14H24N4O/c1-11-5-4-7-14(9-11,10-19)17-12-6-8-15-13(16-12)18(2)3/h6,8,11,19H,4-5,7,9-10H2,1-3H3,(H,15,16,17). The van der Waals surface area contributed by atoms with E-state index >= 15 is 0 Å². The van der Waals surface area contributed by atoms with Crippen molar-refractivity contribution in [3.63, 3.8) is 0 Å². The highest BCUT2D eigenvalue weighted by atomic mass is 16.3. The van der Waals surface area contributed by atoms with Gasteiger partial charge in [-0.2, -0.15) is 4.98 Å². The summed E-state index contributed by atoms with van der Waals surface area (Å²) < 4.78 is 0. The number of hydrogen-bond donors (Lipinski definition) is 2. The Morgan fingerprint density at radius 2 is 2.32 bits per heavy atom. The summed E-state index contributed by atoms with van der Waals surface area (Å²) in [4.78, 5) is 10.6. The van der Waals surface area contributed by atoms with E-state index in [2.05, 4.69) is 22.2 Å². The predicted molar refractivity (Wildman–Crippen MR) is 77.4 cm³/mol. The van der Waals surface area contributed by atoms with E-state index in [1.807, 2.05) is 25.1 Å². The maximum atomic E-state index is 9.78. The van der Waals surface area contributed by atoms with Gasteiger partial charge >= 0.3 is 0 Å². The summed E-state index contributed by atoms with van der Waals surface area (Å²) in [5.74, 6) is 2.12. The number of aliphatic hydroxyl groups is 1. The van der Waals surface area contributed by atoms with E-state index < -0.39 is 0 Å². The van der Waals surface area contributed by atoms with Crippen molar-refractivity contribution in [2.24, 2.45) is 5.92 Å². The molecule has 1 heterocycles. The van der Waals surface area contributed by atoms with E-state index in [4.69, 9.17) is 0 Å². The first-order valence-electron chi connectivity index (χ1n) is 6.94. The number of anilines is 2. The van der Waals surface area contributed by atoms with E-state index in [-0.39, 0.29) is 12.1 Å². The zero-order valence-corrected chi connectivity index (χ0v) is 12.1. The van der Waals surface area contributed by atoms with E-state index in [1.54, 1.807) is 6.20 Å². The predicted octanol–water partition coefficient (Wildman–Crippen LogP) is 1.90. The third kappa shape index (κ3) is 3.35. The van der Waals surface area contributed by atoms with Crippen LogP contribution in [0.5, 0.6) is 0 Å². The second-order valence-electron chi connectivity index (χ2n) is 5.90. The van der Waals surface area contributed by atoms with Gasteiger partial charge in [0.1, 0.15) is 5.82 Å². The Hall–Kier alpha value is -1.36. The fourth-order valence-corrected chi connectivity index (χ4v) is 2.86. The molecular formula is C14H24N4O. The molecule has 19 heavy (non-hydrogen) atoms. The largest absolute Gasteiger partial charge is 0.394 e. The Morgan fingerprint density at radius 1 is 1.53 bits per heavy atom. The molecule has 0 spiro atoms. The highest BCUT2D eigenvalue weighted by Crippen LogP contribution is 2.34. The van der Waals surface area contributed by atoms with Crippen molar-refractivity contribution < 1.29 is 5.11 Å². The van der Waals surface area contributed by atoms with Gasteiger partial charge in [-0.25, -0.2) is 4.98 Å². The lowest BCUT2D eigenvalue weighted by molar-refractivity contribution is 0.149. The lowest BCUT2D eigenvalue weighted by Gasteiger charge is -2.39. The summed E-state index contributed by atoms with van der Waals surface area (Å²) in [5.41, 5.74) is -0.227.